The third-order valence-corrected chi connectivity index (χ3v) is 2.35. The Morgan fingerprint density at radius 3 is 2.88 bits per heavy atom. The summed E-state index contributed by atoms with van der Waals surface area (Å²) in [6.45, 7) is 1.37. The molecule has 0 spiro atoms. The van der Waals surface area contributed by atoms with Crippen LogP contribution in [0.4, 0.5) is 5.82 Å². The lowest BCUT2D eigenvalue weighted by Gasteiger charge is -2.20. The molecule has 7 nitrogen and oxygen atoms in total. The Balaban J connectivity index is 2.63. The molecule has 7 heteroatoms. The molecule has 1 rings (SSSR count). The van der Waals surface area contributed by atoms with Crippen LogP contribution in [0.1, 0.15) is 13.3 Å². The minimum absolute atomic E-state index is 0.0889. The first-order chi connectivity index (χ1) is 8.08. The van der Waals surface area contributed by atoms with Crippen LogP contribution < -0.4 is 11.4 Å². The van der Waals surface area contributed by atoms with Gasteiger partial charge in [-0.25, -0.2) is 4.79 Å². The molecule has 1 heterocycles. The minimum atomic E-state index is -0.766. The van der Waals surface area contributed by atoms with Gasteiger partial charge in [-0.1, -0.05) is 6.92 Å². The van der Waals surface area contributed by atoms with Gasteiger partial charge >= 0.3 is 5.69 Å². The van der Waals surface area contributed by atoms with Crippen molar-refractivity contribution >= 4 is 5.82 Å². The van der Waals surface area contributed by atoms with Crippen molar-refractivity contribution in [1.29, 1.82) is 0 Å². The van der Waals surface area contributed by atoms with Crippen molar-refractivity contribution < 1.29 is 14.9 Å². The number of hydrogen-bond acceptors (Lipinski definition) is 6. The van der Waals surface area contributed by atoms with Crippen molar-refractivity contribution in [2.24, 2.45) is 0 Å². The predicted molar refractivity (Wildman–Crippen MR) is 61.2 cm³/mol. The summed E-state index contributed by atoms with van der Waals surface area (Å²) < 4.78 is 6.43. The van der Waals surface area contributed by atoms with Crippen LogP contribution in [-0.2, 0) is 11.5 Å². The van der Waals surface area contributed by atoms with Crippen LogP contribution in [0.15, 0.2) is 17.1 Å². The van der Waals surface area contributed by atoms with Gasteiger partial charge in [0.15, 0.2) is 0 Å². The first-order valence-corrected chi connectivity index (χ1v) is 5.32. The smallest absolute Gasteiger partial charge is 0.351 e. The van der Waals surface area contributed by atoms with Gasteiger partial charge in [-0.3, -0.25) is 4.57 Å². The van der Waals surface area contributed by atoms with Crippen molar-refractivity contribution in [3.63, 3.8) is 0 Å². The molecule has 0 radical (unpaired) electrons. The largest absolute Gasteiger partial charge is 0.394 e. The Hall–Kier alpha value is -1.44. The quantitative estimate of drug-likeness (QED) is 0.587. The summed E-state index contributed by atoms with van der Waals surface area (Å²) in [7, 11) is 0. The van der Waals surface area contributed by atoms with Crippen LogP contribution in [0.3, 0.4) is 0 Å². The van der Waals surface area contributed by atoms with Gasteiger partial charge in [0.2, 0.25) is 0 Å². The number of rotatable bonds is 6. The highest BCUT2D eigenvalue weighted by Crippen LogP contribution is 2.03. The third kappa shape index (κ3) is 3.81. The summed E-state index contributed by atoms with van der Waals surface area (Å²) >= 11 is 0. The zero-order valence-corrected chi connectivity index (χ0v) is 9.61. The van der Waals surface area contributed by atoms with Crippen molar-refractivity contribution in [2.45, 2.75) is 32.3 Å². The van der Waals surface area contributed by atoms with Crippen LogP contribution in [0, 0.1) is 0 Å². The summed E-state index contributed by atoms with van der Waals surface area (Å²) in [5.74, 6) is 0.138. The molecule has 1 aromatic heterocycles. The van der Waals surface area contributed by atoms with Gasteiger partial charge < -0.3 is 20.7 Å². The maximum absolute atomic E-state index is 11.3. The van der Waals surface area contributed by atoms with E-state index in [-0.39, 0.29) is 19.2 Å². The van der Waals surface area contributed by atoms with Gasteiger partial charge in [-0.05, 0) is 12.5 Å². The molecule has 96 valence electrons. The molecular weight excluding hydrogens is 226 g/mol. The van der Waals surface area contributed by atoms with E-state index in [1.165, 1.54) is 16.8 Å². The Labute approximate surface area is 98.5 Å². The normalized spacial score (nSPS) is 14.5. The molecule has 0 aliphatic heterocycles. The second-order valence-electron chi connectivity index (χ2n) is 3.60. The van der Waals surface area contributed by atoms with Gasteiger partial charge in [0.25, 0.3) is 0 Å². The number of ether oxygens (including phenoxy) is 1. The maximum Gasteiger partial charge on any atom is 0.351 e. The summed E-state index contributed by atoms with van der Waals surface area (Å²) in [4.78, 5) is 14.9. The fourth-order valence-corrected chi connectivity index (χ4v) is 1.26. The average Bonchev–Trinajstić information content (AvgIpc) is 2.31. The standard InChI is InChI=1S/C10H17N3O4/c1-2-7(15)8(5-14)17-6-13-4-3-9(11)12-10(13)16/h3-4,7-8,14-15H,2,5-6H2,1H3,(H2,11,12,16)/t7-,8-/m1/s1. The second-order valence-corrected chi connectivity index (χ2v) is 3.60. The van der Waals surface area contributed by atoms with Crippen LogP contribution in [0.25, 0.3) is 0 Å². The lowest BCUT2D eigenvalue weighted by atomic mass is 10.2. The maximum atomic E-state index is 11.3. The number of nitrogen functional groups attached to an aromatic ring is 1. The number of anilines is 1. The number of hydrogen-bond donors (Lipinski definition) is 3. The van der Waals surface area contributed by atoms with Gasteiger partial charge in [-0.2, -0.15) is 4.98 Å². The summed E-state index contributed by atoms with van der Waals surface area (Å²) in [6.07, 6.45) is 0.416. The van der Waals surface area contributed by atoms with E-state index in [9.17, 15) is 9.90 Å². The summed E-state index contributed by atoms with van der Waals surface area (Å²) in [5, 5.41) is 18.5. The number of nitrogens with zero attached hydrogens (tertiary/aromatic N) is 2. The lowest BCUT2D eigenvalue weighted by Crippen LogP contribution is -2.34. The molecule has 0 fully saturated rings. The van der Waals surface area contributed by atoms with E-state index >= 15 is 0 Å². The van der Waals surface area contributed by atoms with Crippen molar-refractivity contribution in [3.8, 4) is 0 Å². The summed E-state index contributed by atoms with van der Waals surface area (Å²) in [5.41, 5.74) is 4.80. The number of aromatic nitrogens is 2. The zero-order chi connectivity index (χ0) is 12.8. The highest BCUT2D eigenvalue weighted by atomic mass is 16.5. The second kappa shape index (κ2) is 6.33. The molecule has 2 atom stereocenters. The van der Waals surface area contributed by atoms with E-state index in [0.717, 1.165) is 0 Å². The molecule has 17 heavy (non-hydrogen) atoms. The molecule has 0 saturated carbocycles. The van der Waals surface area contributed by atoms with E-state index in [1.54, 1.807) is 6.92 Å². The summed E-state index contributed by atoms with van der Waals surface area (Å²) in [6, 6.07) is 1.47. The van der Waals surface area contributed by atoms with Crippen LogP contribution in [-0.4, -0.2) is 38.6 Å². The molecule has 0 aliphatic rings. The topological polar surface area (TPSA) is 111 Å². The Bertz CT molecular complexity index is 407. The Morgan fingerprint density at radius 1 is 1.65 bits per heavy atom. The third-order valence-electron chi connectivity index (χ3n) is 2.35. The number of nitrogens with two attached hydrogens (primary N) is 1. The molecule has 4 N–H and O–H groups in total. The van der Waals surface area contributed by atoms with Gasteiger partial charge in [-0.15, -0.1) is 0 Å². The van der Waals surface area contributed by atoms with E-state index in [2.05, 4.69) is 4.98 Å². The van der Waals surface area contributed by atoms with Crippen molar-refractivity contribution in [2.75, 3.05) is 12.3 Å². The average molecular weight is 243 g/mol. The Morgan fingerprint density at radius 2 is 2.35 bits per heavy atom. The Kier molecular flexibility index (Phi) is 5.08. The van der Waals surface area contributed by atoms with Gasteiger partial charge in [0, 0.05) is 6.20 Å². The molecule has 0 amide bonds. The first kappa shape index (κ1) is 13.6. The van der Waals surface area contributed by atoms with E-state index in [1.807, 2.05) is 0 Å². The van der Waals surface area contributed by atoms with Gasteiger partial charge in [0.1, 0.15) is 18.7 Å². The fraction of sp³-hybridized carbons (Fsp3) is 0.600. The zero-order valence-electron chi connectivity index (χ0n) is 9.61. The van der Waals surface area contributed by atoms with Crippen molar-refractivity contribution in [3.05, 3.63) is 22.7 Å². The minimum Gasteiger partial charge on any atom is -0.394 e. The highest BCUT2D eigenvalue weighted by Gasteiger charge is 2.17. The molecule has 0 saturated heterocycles. The molecule has 1 aromatic rings. The molecule has 0 bridgehead atoms. The lowest BCUT2D eigenvalue weighted by molar-refractivity contribution is -0.0889. The van der Waals surface area contributed by atoms with Crippen LogP contribution in [0.5, 0.6) is 0 Å². The van der Waals surface area contributed by atoms with E-state index in [4.69, 9.17) is 15.6 Å². The fourth-order valence-electron chi connectivity index (χ4n) is 1.26. The van der Waals surface area contributed by atoms with Crippen LogP contribution in [0.2, 0.25) is 0 Å². The van der Waals surface area contributed by atoms with Crippen molar-refractivity contribution in [1.82, 2.24) is 9.55 Å². The first-order valence-electron chi connectivity index (χ1n) is 5.32. The van der Waals surface area contributed by atoms with E-state index < -0.39 is 17.9 Å². The van der Waals surface area contributed by atoms with E-state index in [0.29, 0.717) is 6.42 Å². The molecule has 0 aromatic carbocycles. The number of aliphatic hydroxyl groups is 2. The molecule has 0 unspecified atom stereocenters. The highest BCUT2D eigenvalue weighted by molar-refractivity contribution is 5.23. The molecule has 0 aliphatic carbocycles. The SMILES string of the molecule is CC[C@@H](O)[C@@H](CO)OCn1ccc(N)nc1=O. The monoisotopic (exact) mass is 243 g/mol. The van der Waals surface area contributed by atoms with Crippen LogP contribution >= 0.6 is 0 Å². The van der Waals surface area contributed by atoms with Gasteiger partial charge in [0.05, 0.1) is 12.7 Å². The molecular formula is C10H17N3O4. The number of aliphatic hydroxyl groups excluding tert-OH is 2. The predicted octanol–water partition coefficient (Wildman–Crippen LogP) is -1.07.